The summed E-state index contributed by atoms with van der Waals surface area (Å²) in [5, 5.41) is 13.3. The Bertz CT molecular complexity index is 696. The molecule has 116 valence electrons. The van der Waals surface area contributed by atoms with E-state index in [0.717, 1.165) is 5.56 Å². The van der Waals surface area contributed by atoms with Crippen molar-refractivity contribution in [3.8, 4) is 5.75 Å². The van der Waals surface area contributed by atoms with Crippen LogP contribution < -0.4 is 10.1 Å². The van der Waals surface area contributed by atoms with Crippen LogP contribution in [0.25, 0.3) is 0 Å². The first kappa shape index (κ1) is 16.7. The van der Waals surface area contributed by atoms with Gasteiger partial charge in [-0.3, -0.25) is 0 Å². The van der Waals surface area contributed by atoms with Gasteiger partial charge in [0.05, 0.1) is 33.4 Å². The molecule has 2 aromatic rings. The minimum absolute atomic E-state index is 0.151. The van der Waals surface area contributed by atoms with E-state index >= 15 is 0 Å². The maximum atomic E-state index is 11.0. The summed E-state index contributed by atoms with van der Waals surface area (Å²) in [5.74, 6) is -0.603. The van der Waals surface area contributed by atoms with E-state index < -0.39 is 5.97 Å². The van der Waals surface area contributed by atoms with Gasteiger partial charge < -0.3 is 15.2 Å². The summed E-state index contributed by atoms with van der Waals surface area (Å²) < 4.78 is 5.08. The molecule has 2 rings (SSSR count). The fraction of sp³-hybridized carbons (Fsp3) is 0.133. The van der Waals surface area contributed by atoms with E-state index in [2.05, 4.69) is 5.32 Å². The van der Waals surface area contributed by atoms with Crippen LogP contribution in [0.5, 0.6) is 5.75 Å². The van der Waals surface area contributed by atoms with Crippen molar-refractivity contribution in [2.75, 3.05) is 12.4 Å². The highest BCUT2D eigenvalue weighted by molar-refractivity contribution is 6.37. The van der Waals surface area contributed by atoms with Crippen LogP contribution >= 0.6 is 34.8 Å². The van der Waals surface area contributed by atoms with Gasteiger partial charge in [0.25, 0.3) is 0 Å². The summed E-state index contributed by atoms with van der Waals surface area (Å²) in [4.78, 5) is 11.0. The molecule has 0 saturated heterocycles. The summed E-state index contributed by atoms with van der Waals surface area (Å²) in [5.41, 5.74) is 1.48. The molecule has 0 aliphatic carbocycles. The van der Waals surface area contributed by atoms with Gasteiger partial charge in [0.2, 0.25) is 0 Å². The number of ether oxygens (including phenoxy) is 1. The second-order valence-corrected chi connectivity index (χ2v) is 5.67. The number of hydrogen-bond acceptors (Lipinski definition) is 3. The molecule has 0 aromatic heterocycles. The van der Waals surface area contributed by atoms with Crippen molar-refractivity contribution in [1.29, 1.82) is 0 Å². The van der Waals surface area contributed by atoms with Crippen molar-refractivity contribution in [2.45, 2.75) is 6.54 Å². The zero-order valence-electron chi connectivity index (χ0n) is 11.5. The molecule has 7 heteroatoms. The molecule has 4 nitrogen and oxygen atoms in total. The van der Waals surface area contributed by atoms with Crippen molar-refractivity contribution in [1.82, 2.24) is 0 Å². The van der Waals surface area contributed by atoms with E-state index in [1.54, 1.807) is 12.1 Å². The van der Waals surface area contributed by atoms with Crippen molar-refractivity contribution in [3.05, 3.63) is 56.5 Å². The molecule has 2 N–H and O–H groups in total. The maximum absolute atomic E-state index is 11.0. The Morgan fingerprint density at radius 3 is 2.32 bits per heavy atom. The molecule has 0 radical (unpaired) electrons. The number of carboxylic acid groups (broad SMARTS) is 1. The molecule has 0 unspecified atom stereocenters. The lowest BCUT2D eigenvalue weighted by molar-refractivity contribution is 0.0697. The Balaban J connectivity index is 2.20. The van der Waals surface area contributed by atoms with Gasteiger partial charge in [-0.25, -0.2) is 4.79 Å². The molecule has 0 heterocycles. The van der Waals surface area contributed by atoms with Gasteiger partial charge in [0.15, 0.2) is 5.75 Å². The van der Waals surface area contributed by atoms with Gasteiger partial charge in [-0.2, -0.15) is 0 Å². The summed E-state index contributed by atoms with van der Waals surface area (Å²) >= 11 is 18.2. The fourth-order valence-electron chi connectivity index (χ4n) is 1.90. The van der Waals surface area contributed by atoms with Gasteiger partial charge in [-0.15, -0.1) is 0 Å². The summed E-state index contributed by atoms with van der Waals surface area (Å²) in [6, 6.07) is 7.87. The largest absolute Gasteiger partial charge is 0.494 e. The van der Waals surface area contributed by atoms with Crippen LogP contribution in [0.1, 0.15) is 15.9 Å². The van der Waals surface area contributed by atoms with Gasteiger partial charge in [-0.05, 0) is 35.9 Å². The van der Waals surface area contributed by atoms with Crippen molar-refractivity contribution in [3.63, 3.8) is 0 Å². The van der Waals surface area contributed by atoms with Crippen LogP contribution in [-0.4, -0.2) is 18.2 Å². The van der Waals surface area contributed by atoms with Crippen molar-refractivity contribution in [2.24, 2.45) is 0 Å². The lowest BCUT2D eigenvalue weighted by Gasteiger charge is -2.12. The summed E-state index contributed by atoms with van der Waals surface area (Å²) in [7, 11) is 1.49. The standard InChI is InChI=1S/C15H12Cl3NO3/c1-22-14-11(17)4-8(5-12(14)18)7-19-13-6-9(15(20)21)2-3-10(13)16/h2-6,19H,7H2,1H3,(H,20,21). The SMILES string of the molecule is COc1c(Cl)cc(CNc2cc(C(=O)O)ccc2Cl)cc1Cl. The highest BCUT2D eigenvalue weighted by atomic mass is 35.5. The van der Waals surface area contributed by atoms with Gasteiger partial charge in [-0.1, -0.05) is 34.8 Å². The Morgan fingerprint density at radius 1 is 1.14 bits per heavy atom. The first-order valence-electron chi connectivity index (χ1n) is 6.21. The Labute approximate surface area is 142 Å². The number of methoxy groups -OCH3 is 1. The van der Waals surface area contributed by atoms with Crippen molar-refractivity contribution >= 4 is 46.5 Å². The first-order chi connectivity index (χ1) is 10.4. The normalized spacial score (nSPS) is 10.4. The summed E-state index contributed by atoms with van der Waals surface area (Å²) in [6.07, 6.45) is 0. The molecule has 0 saturated carbocycles. The van der Waals surface area contributed by atoms with Gasteiger partial charge in [0, 0.05) is 6.54 Å². The van der Waals surface area contributed by atoms with E-state index in [-0.39, 0.29) is 5.56 Å². The third kappa shape index (κ3) is 3.77. The van der Waals surface area contributed by atoms with Gasteiger partial charge >= 0.3 is 5.97 Å². The third-order valence-corrected chi connectivity index (χ3v) is 3.85. The van der Waals surface area contributed by atoms with Crippen LogP contribution in [0.2, 0.25) is 15.1 Å². The smallest absolute Gasteiger partial charge is 0.335 e. The minimum atomic E-state index is -1.02. The molecule has 0 spiro atoms. The number of carbonyl (C=O) groups is 1. The quantitative estimate of drug-likeness (QED) is 0.790. The van der Waals surface area contributed by atoms with E-state index in [4.69, 9.17) is 44.6 Å². The van der Waals surface area contributed by atoms with Crippen molar-refractivity contribution < 1.29 is 14.6 Å². The highest BCUT2D eigenvalue weighted by Crippen LogP contribution is 2.34. The number of halogens is 3. The molecule has 22 heavy (non-hydrogen) atoms. The fourth-order valence-corrected chi connectivity index (χ4v) is 2.77. The average Bonchev–Trinajstić information content (AvgIpc) is 2.46. The number of benzene rings is 2. The third-order valence-electron chi connectivity index (χ3n) is 2.96. The van der Waals surface area contributed by atoms with E-state index in [1.165, 1.54) is 25.3 Å². The predicted molar refractivity (Wildman–Crippen MR) is 88.8 cm³/mol. The number of carboxylic acids is 1. The van der Waals surface area contributed by atoms with Crippen LogP contribution in [0.3, 0.4) is 0 Å². The van der Waals surface area contributed by atoms with E-state index in [1.807, 2.05) is 0 Å². The molecule has 0 atom stereocenters. The van der Waals surface area contributed by atoms with E-state index in [9.17, 15) is 4.79 Å². The zero-order chi connectivity index (χ0) is 16.3. The van der Waals surface area contributed by atoms with Crippen LogP contribution in [0.15, 0.2) is 30.3 Å². The van der Waals surface area contributed by atoms with Crippen LogP contribution in [0.4, 0.5) is 5.69 Å². The number of hydrogen-bond donors (Lipinski definition) is 2. The molecule has 0 fully saturated rings. The average molecular weight is 361 g/mol. The van der Waals surface area contributed by atoms with Gasteiger partial charge in [0.1, 0.15) is 0 Å². The second kappa shape index (κ2) is 7.09. The number of rotatable bonds is 5. The maximum Gasteiger partial charge on any atom is 0.335 e. The number of nitrogens with one attached hydrogen (secondary N) is 1. The van der Waals surface area contributed by atoms with Crippen LogP contribution in [-0.2, 0) is 6.54 Å². The molecule has 0 amide bonds. The molecule has 2 aromatic carbocycles. The summed E-state index contributed by atoms with van der Waals surface area (Å²) in [6.45, 7) is 0.381. The second-order valence-electron chi connectivity index (χ2n) is 4.45. The lowest BCUT2D eigenvalue weighted by Crippen LogP contribution is -2.03. The molecular formula is C15H12Cl3NO3. The highest BCUT2D eigenvalue weighted by Gasteiger charge is 2.10. The zero-order valence-corrected chi connectivity index (χ0v) is 13.8. The Morgan fingerprint density at radius 2 is 1.77 bits per heavy atom. The monoisotopic (exact) mass is 359 g/mol. The topological polar surface area (TPSA) is 58.6 Å². The molecule has 0 aliphatic heterocycles. The molecule has 0 bridgehead atoms. The minimum Gasteiger partial charge on any atom is -0.494 e. The molecule has 0 aliphatic rings. The molecular weight excluding hydrogens is 349 g/mol. The first-order valence-corrected chi connectivity index (χ1v) is 7.34. The Kier molecular flexibility index (Phi) is 5.40. The van der Waals surface area contributed by atoms with E-state index in [0.29, 0.717) is 33.0 Å². The lowest BCUT2D eigenvalue weighted by atomic mass is 10.1. The predicted octanol–water partition coefficient (Wildman–Crippen LogP) is 4.97. The Hall–Kier alpha value is -1.62. The number of anilines is 1. The number of aromatic carboxylic acids is 1. The van der Waals surface area contributed by atoms with Crippen LogP contribution in [0, 0.1) is 0 Å².